The van der Waals surface area contributed by atoms with Gasteiger partial charge in [-0.05, 0) is 13.0 Å². The quantitative estimate of drug-likeness (QED) is 0.662. The predicted molar refractivity (Wildman–Crippen MR) is 76.1 cm³/mol. The van der Waals surface area contributed by atoms with Crippen LogP contribution in [0.3, 0.4) is 0 Å². The molecule has 0 saturated heterocycles. The summed E-state index contributed by atoms with van der Waals surface area (Å²) in [7, 11) is 0. The molecule has 19 heavy (non-hydrogen) atoms. The molecular weight excluding hydrogens is 264 g/mol. The molecule has 1 aromatic heterocycles. The van der Waals surface area contributed by atoms with Gasteiger partial charge in [0.05, 0.1) is 6.20 Å². The number of anilines is 1. The van der Waals surface area contributed by atoms with Gasteiger partial charge in [-0.2, -0.15) is 4.98 Å². The number of nitrogen functional groups attached to an aromatic ring is 1. The Hall–Kier alpha value is -2.11. The first-order chi connectivity index (χ1) is 9.24. The molecule has 0 atom stereocenters. The summed E-state index contributed by atoms with van der Waals surface area (Å²) >= 11 is 6.00. The SMILES string of the molecule is C/C=C/c1ccccc1Oc1nc(NN)ncc1Cl. The monoisotopic (exact) mass is 276 g/mol. The molecule has 0 fully saturated rings. The summed E-state index contributed by atoms with van der Waals surface area (Å²) in [6.45, 7) is 1.94. The molecule has 0 radical (unpaired) electrons. The summed E-state index contributed by atoms with van der Waals surface area (Å²) in [6.07, 6.45) is 5.29. The van der Waals surface area contributed by atoms with E-state index in [-0.39, 0.29) is 11.8 Å². The summed E-state index contributed by atoms with van der Waals surface area (Å²) < 4.78 is 5.71. The van der Waals surface area contributed by atoms with Crippen molar-refractivity contribution in [3.63, 3.8) is 0 Å². The number of hydrogen-bond donors (Lipinski definition) is 2. The van der Waals surface area contributed by atoms with Crippen LogP contribution >= 0.6 is 11.6 Å². The summed E-state index contributed by atoms with van der Waals surface area (Å²) in [4.78, 5) is 7.95. The van der Waals surface area contributed by atoms with Crippen LogP contribution in [-0.2, 0) is 0 Å². The smallest absolute Gasteiger partial charge is 0.243 e. The van der Waals surface area contributed by atoms with Gasteiger partial charge in [-0.15, -0.1) is 0 Å². The average Bonchev–Trinajstić information content (AvgIpc) is 2.43. The Balaban J connectivity index is 2.35. The Morgan fingerprint density at radius 3 is 2.89 bits per heavy atom. The van der Waals surface area contributed by atoms with Crippen LogP contribution in [-0.4, -0.2) is 9.97 Å². The lowest BCUT2D eigenvalue weighted by molar-refractivity contribution is 0.461. The van der Waals surface area contributed by atoms with Crippen LogP contribution in [0, 0.1) is 0 Å². The molecule has 2 rings (SSSR count). The van der Waals surface area contributed by atoms with E-state index in [0.717, 1.165) is 5.56 Å². The van der Waals surface area contributed by atoms with Crippen molar-refractivity contribution in [3.8, 4) is 11.6 Å². The number of rotatable bonds is 4. The number of nitrogens with one attached hydrogen (secondary N) is 1. The van der Waals surface area contributed by atoms with E-state index in [1.54, 1.807) is 0 Å². The molecule has 2 aromatic rings. The lowest BCUT2D eigenvalue weighted by atomic mass is 10.2. The molecule has 0 aliphatic carbocycles. The van der Waals surface area contributed by atoms with Gasteiger partial charge in [0.2, 0.25) is 11.8 Å². The van der Waals surface area contributed by atoms with Crippen molar-refractivity contribution in [1.82, 2.24) is 9.97 Å². The maximum absolute atomic E-state index is 6.00. The standard InChI is InChI=1S/C13H13ClN4O/c1-2-5-9-6-3-4-7-11(9)19-12-10(14)8-16-13(17-12)18-15/h2-8H,15H2,1H3,(H,16,17,18)/b5-2+. The molecule has 1 aromatic carbocycles. The highest BCUT2D eigenvalue weighted by molar-refractivity contribution is 6.31. The minimum atomic E-state index is 0.239. The van der Waals surface area contributed by atoms with E-state index in [9.17, 15) is 0 Å². The van der Waals surface area contributed by atoms with Crippen molar-refractivity contribution in [2.24, 2.45) is 5.84 Å². The van der Waals surface area contributed by atoms with Crippen LogP contribution in [0.5, 0.6) is 11.6 Å². The maximum Gasteiger partial charge on any atom is 0.243 e. The molecule has 1 heterocycles. The molecule has 0 aliphatic rings. The number of nitrogens with zero attached hydrogens (tertiary/aromatic N) is 2. The van der Waals surface area contributed by atoms with Gasteiger partial charge >= 0.3 is 0 Å². The third-order valence-corrected chi connectivity index (χ3v) is 2.57. The highest BCUT2D eigenvalue weighted by Crippen LogP contribution is 2.30. The third-order valence-electron chi connectivity index (χ3n) is 2.31. The molecule has 5 nitrogen and oxygen atoms in total. The fraction of sp³-hybridized carbons (Fsp3) is 0.0769. The molecule has 6 heteroatoms. The lowest BCUT2D eigenvalue weighted by Crippen LogP contribution is -2.10. The first-order valence-corrected chi connectivity index (χ1v) is 6.01. The molecule has 0 unspecified atom stereocenters. The number of ether oxygens (including phenoxy) is 1. The van der Waals surface area contributed by atoms with E-state index in [0.29, 0.717) is 10.8 Å². The number of benzene rings is 1. The molecule has 3 N–H and O–H groups in total. The molecule has 0 aliphatic heterocycles. The van der Waals surface area contributed by atoms with Gasteiger partial charge in [0, 0.05) is 5.56 Å². The Kier molecular flexibility index (Phi) is 4.33. The molecule has 0 amide bonds. The largest absolute Gasteiger partial charge is 0.437 e. The molecule has 0 spiro atoms. The minimum absolute atomic E-state index is 0.239. The van der Waals surface area contributed by atoms with Crippen molar-refractivity contribution in [2.75, 3.05) is 5.43 Å². The average molecular weight is 277 g/mol. The van der Waals surface area contributed by atoms with Crippen molar-refractivity contribution in [1.29, 1.82) is 0 Å². The Morgan fingerprint density at radius 1 is 1.37 bits per heavy atom. The number of halogens is 1. The molecule has 98 valence electrons. The zero-order valence-corrected chi connectivity index (χ0v) is 11.1. The van der Waals surface area contributed by atoms with E-state index in [1.807, 2.05) is 43.3 Å². The number of allylic oxidation sites excluding steroid dienone is 1. The van der Waals surface area contributed by atoms with E-state index in [4.69, 9.17) is 22.2 Å². The normalized spacial score (nSPS) is 10.7. The van der Waals surface area contributed by atoms with Crippen LogP contribution in [0.2, 0.25) is 5.02 Å². The summed E-state index contributed by atoms with van der Waals surface area (Å²) in [5.74, 6) is 6.40. The van der Waals surface area contributed by atoms with Crippen molar-refractivity contribution in [3.05, 3.63) is 47.1 Å². The fourth-order valence-corrected chi connectivity index (χ4v) is 1.62. The number of para-hydroxylation sites is 1. The minimum Gasteiger partial charge on any atom is -0.437 e. The van der Waals surface area contributed by atoms with Crippen LogP contribution in [0.4, 0.5) is 5.95 Å². The zero-order valence-electron chi connectivity index (χ0n) is 10.3. The Morgan fingerprint density at radius 2 is 2.16 bits per heavy atom. The van der Waals surface area contributed by atoms with E-state index in [2.05, 4.69) is 15.4 Å². The second-order valence-corrected chi connectivity index (χ2v) is 4.04. The third kappa shape index (κ3) is 3.21. The summed E-state index contributed by atoms with van der Waals surface area (Å²) in [6, 6.07) is 7.58. The second-order valence-electron chi connectivity index (χ2n) is 3.63. The molecule has 0 saturated carbocycles. The zero-order chi connectivity index (χ0) is 13.7. The van der Waals surface area contributed by atoms with Crippen molar-refractivity contribution in [2.45, 2.75) is 6.92 Å². The van der Waals surface area contributed by atoms with E-state index >= 15 is 0 Å². The Labute approximate surface area is 116 Å². The van der Waals surface area contributed by atoms with Gasteiger partial charge in [0.1, 0.15) is 10.8 Å². The van der Waals surface area contributed by atoms with Crippen molar-refractivity contribution >= 4 is 23.6 Å². The van der Waals surface area contributed by atoms with Gasteiger partial charge in [-0.3, -0.25) is 5.43 Å². The number of hydrazine groups is 1. The predicted octanol–water partition coefficient (Wildman–Crippen LogP) is 3.24. The fourth-order valence-electron chi connectivity index (χ4n) is 1.49. The van der Waals surface area contributed by atoms with Gasteiger partial charge in [-0.1, -0.05) is 42.0 Å². The van der Waals surface area contributed by atoms with Gasteiger partial charge in [0.25, 0.3) is 0 Å². The highest BCUT2D eigenvalue weighted by Gasteiger charge is 2.09. The van der Waals surface area contributed by atoms with E-state index in [1.165, 1.54) is 6.20 Å². The second kappa shape index (κ2) is 6.17. The number of aromatic nitrogens is 2. The number of nitrogens with two attached hydrogens (primary N) is 1. The van der Waals surface area contributed by atoms with Crippen LogP contribution < -0.4 is 16.0 Å². The first kappa shape index (κ1) is 13.3. The van der Waals surface area contributed by atoms with Gasteiger partial charge in [0.15, 0.2) is 0 Å². The van der Waals surface area contributed by atoms with Gasteiger partial charge < -0.3 is 4.74 Å². The maximum atomic E-state index is 6.00. The van der Waals surface area contributed by atoms with Gasteiger partial charge in [-0.25, -0.2) is 10.8 Å². The van der Waals surface area contributed by atoms with Crippen LogP contribution in [0.1, 0.15) is 12.5 Å². The van der Waals surface area contributed by atoms with Crippen LogP contribution in [0.25, 0.3) is 6.08 Å². The summed E-state index contributed by atoms with van der Waals surface area (Å²) in [5, 5.41) is 0.314. The van der Waals surface area contributed by atoms with E-state index < -0.39 is 0 Å². The lowest BCUT2D eigenvalue weighted by Gasteiger charge is -2.09. The number of hydrogen-bond acceptors (Lipinski definition) is 5. The Bertz CT molecular complexity index is 601. The molecule has 0 bridgehead atoms. The van der Waals surface area contributed by atoms with Crippen LogP contribution in [0.15, 0.2) is 36.5 Å². The highest BCUT2D eigenvalue weighted by atomic mass is 35.5. The molecular formula is C13H13ClN4O. The summed E-state index contributed by atoms with van der Waals surface area (Å²) in [5.41, 5.74) is 3.28. The first-order valence-electron chi connectivity index (χ1n) is 5.63. The topological polar surface area (TPSA) is 73.1 Å². The van der Waals surface area contributed by atoms with Crippen molar-refractivity contribution < 1.29 is 4.74 Å².